The minimum atomic E-state index is -2.80. The Hall–Kier alpha value is -3.30. The maximum absolute atomic E-state index is 9.96. The Bertz CT molecular complexity index is 905. The molecule has 0 spiro atoms. The lowest BCUT2D eigenvalue weighted by Gasteiger charge is -2.33. The van der Waals surface area contributed by atoms with E-state index in [-0.39, 0.29) is 5.75 Å². The van der Waals surface area contributed by atoms with Gasteiger partial charge in [-0.1, -0.05) is 97.1 Å². The molecule has 0 radical (unpaired) electrons. The maximum Gasteiger partial charge on any atom is 0.346 e. The normalized spacial score (nSPS) is 11.1. The van der Waals surface area contributed by atoms with Crippen LogP contribution in [0, 0.1) is 0 Å². The summed E-state index contributed by atoms with van der Waals surface area (Å²) < 4.78 is 6.82. The molecule has 27 heavy (non-hydrogen) atoms. The van der Waals surface area contributed by atoms with Crippen LogP contribution in [0.4, 0.5) is 0 Å². The van der Waals surface area contributed by atoms with Crippen molar-refractivity contribution in [2.24, 2.45) is 0 Å². The third kappa shape index (κ3) is 3.37. The molecule has 0 bridgehead atoms. The van der Waals surface area contributed by atoms with Gasteiger partial charge in [0.05, 0.1) is 0 Å². The fraction of sp³-hybridized carbons (Fsp3) is 0. The highest BCUT2D eigenvalue weighted by atomic mass is 28.4. The third-order valence-electron chi connectivity index (χ3n) is 4.63. The molecule has 0 saturated heterocycles. The molecule has 4 aromatic carbocycles. The van der Waals surface area contributed by atoms with Crippen LogP contribution in [-0.4, -0.2) is 13.4 Å². The SMILES string of the molecule is Oc1cccc(O[Si](c2ccccc2)(c2ccccc2)c2ccccc2)c1. The summed E-state index contributed by atoms with van der Waals surface area (Å²) in [6.45, 7) is 0. The first kappa shape index (κ1) is 17.1. The summed E-state index contributed by atoms with van der Waals surface area (Å²) in [7, 11) is -2.80. The lowest BCUT2D eigenvalue weighted by molar-refractivity contribution is 0.470. The number of phenolic OH excluding ortho intramolecular Hbond substituents is 1. The van der Waals surface area contributed by atoms with Crippen molar-refractivity contribution in [2.45, 2.75) is 0 Å². The van der Waals surface area contributed by atoms with E-state index in [1.54, 1.807) is 12.1 Å². The molecule has 0 aliphatic heterocycles. The Balaban J connectivity index is 2.00. The maximum atomic E-state index is 9.96. The summed E-state index contributed by atoms with van der Waals surface area (Å²) in [6, 6.07) is 38.2. The largest absolute Gasteiger partial charge is 0.530 e. The van der Waals surface area contributed by atoms with E-state index in [0.717, 1.165) is 15.6 Å². The molecule has 4 rings (SSSR count). The van der Waals surface area contributed by atoms with Crippen LogP contribution >= 0.6 is 0 Å². The van der Waals surface area contributed by atoms with Gasteiger partial charge in [0.2, 0.25) is 0 Å². The van der Waals surface area contributed by atoms with E-state index in [1.807, 2.05) is 30.3 Å². The quantitative estimate of drug-likeness (QED) is 0.432. The zero-order chi connectivity index (χ0) is 18.5. The van der Waals surface area contributed by atoms with E-state index in [4.69, 9.17) is 4.43 Å². The van der Waals surface area contributed by atoms with Crippen LogP contribution in [-0.2, 0) is 0 Å². The molecule has 2 nitrogen and oxygen atoms in total. The van der Waals surface area contributed by atoms with Crippen molar-refractivity contribution in [3.8, 4) is 11.5 Å². The van der Waals surface area contributed by atoms with Crippen molar-refractivity contribution in [2.75, 3.05) is 0 Å². The molecule has 0 fully saturated rings. The number of hydrogen-bond donors (Lipinski definition) is 1. The van der Waals surface area contributed by atoms with E-state index in [0.29, 0.717) is 5.75 Å². The molecule has 0 saturated carbocycles. The van der Waals surface area contributed by atoms with Gasteiger partial charge in [-0.15, -0.1) is 0 Å². The van der Waals surface area contributed by atoms with Crippen LogP contribution in [0.3, 0.4) is 0 Å². The van der Waals surface area contributed by atoms with Crippen molar-refractivity contribution in [3.05, 3.63) is 115 Å². The molecule has 1 N–H and O–H groups in total. The first-order chi connectivity index (χ1) is 13.3. The molecule has 0 aromatic heterocycles. The number of aromatic hydroxyl groups is 1. The highest BCUT2D eigenvalue weighted by Crippen LogP contribution is 2.21. The molecule has 0 atom stereocenters. The summed E-state index contributed by atoms with van der Waals surface area (Å²) >= 11 is 0. The van der Waals surface area contributed by atoms with Crippen LogP contribution in [0.1, 0.15) is 0 Å². The van der Waals surface area contributed by atoms with Gasteiger partial charge in [-0.05, 0) is 27.7 Å². The van der Waals surface area contributed by atoms with Gasteiger partial charge in [-0.25, -0.2) is 0 Å². The van der Waals surface area contributed by atoms with E-state index >= 15 is 0 Å². The van der Waals surface area contributed by atoms with Gasteiger partial charge in [-0.3, -0.25) is 0 Å². The van der Waals surface area contributed by atoms with Crippen molar-refractivity contribution >= 4 is 23.9 Å². The average molecular weight is 369 g/mol. The fourth-order valence-electron chi connectivity index (χ4n) is 3.42. The summed E-state index contributed by atoms with van der Waals surface area (Å²) in [5.74, 6) is 0.864. The van der Waals surface area contributed by atoms with Crippen LogP contribution in [0.5, 0.6) is 11.5 Å². The monoisotopic (exact) mass is 368 g/mol. The van der Waals surface area contributed by atoms with E-state index in [1.165, 1.54) is 0 Å². The Labute approximate surface area is 160 Å². The standard InChI is InChI=1S/C24H20O2Si/c25-20-11-10-12-21(19-20)26-27(22-13-4-1-5-14-22,23-15-6-2-7-16-23)24-17-8-3-9-18-24/h1-19,25H. The lowest BCUT2D eigenvalue weighted by atomic mass is 10.3. The molecule has 3 heteroatoms. The van der Waals surface area contributed by atoms with Crippen molar-refractivity contribution in [3.63, 3.8) is 0 Å². The smallest absolute Gasteiger partial charge is 0.346 e. The summed E-state index contributed by atoms with van der Waals surface area (Å²) in [4.78, 5) is 0. The van der Waals surface area contributed by atoms with Gasteiger partial charge in [-0.2, -0.15) is 0 Å². The van der Waals surface area contributed by atoms with Gasteiger partial charge in [0.15, 0.2) is 0 Å². The predicted octanol–water partition coefficient (Wildman–Crippen LogP) is 3.44. The first-order valence-corrected chi connectivity index (χ1v) is 10.8. The Morgan fingerprint density at radius 2 is 0.963 bits per heavy atom. The average Bonchev–Trinajstić information content (AvgIpc) is 2.74. The fourth-order valence-corrected chi connectivity index (χ4v) is 7.24. The Morgan fingerprint density at radius 3 is 1.37 bits per heavy atom. The molecule has 132 valence electrons. The zero-order valence-corrected chi connectivity index (χ0v) is 15.8. The summed E-state index contributed by atoms with van der Waals surface area (Å²) in [5.41, 5.74) is 0. The number of benzene rings is 4. The van der Waals surface area contributed by atoms with Crippen LogP contribution in [0.2, 0.25) is 0 Å². The molecule has 0 amide bonds. The van der Waals surface area contributed by atoms with Gasteiger partial charge in [0.1, 0.15) is 11.5 Å². The molecule has 0 aliphatic rings. The zero-order valence-electron chi connectivity index (χ0n) is 14.8. The minimum Gasteiger partial charge on any atom is -0.530 e. The van der Waals surface area contributed by atoms with Crippen molar-refractivity contribution < 1.29 is 9.53 Å². The third-order valence-corrected chi connectivity index (χ3v) is 8.61. The van der Waals surface area contributed by atoms with Gasteiger partial charge in [0, 0.05) is 6.07 Å². The number of phenols is 1. The highest BCUT2D eigenvalue weighted by Gasteiger charge is 2.43. The lowest BCUT2D eigenvalue weighted by Crippen LogP contribution is -2.71. The summed E-state index contributed by atoms with van der Waals surface area (Å²) in [6.07, 6.45) is 0. The van der Waals surface area contributed by atoms with Crippen molar-refractivity contribution in [1.29, 1.82) is 0 Å². The minimum absolute atomic E-state index is 0.199. The van der Waals surface area contributed by atoms with Gasteiger partial charge in [0.25, 0.3) is 0 Å². The molecule has 0 heterocycles. The second-order valence-electron chi connectivity index (χ2n) is 6.38. The topological polar surface area (TPSA) is 29.5 Å². The summed E-state index contributed by atoms with van der Waals surface area (Å²) in [5, 5.41) is 13.4. The second-order valence-corrected chi connectivity index (χ2v) is 9.68. The van der Waals surface area contributed by atoms with Gasteiger partial charge < -0.3 is 9.53 Å². The number of hydrogen-bond acceptors (Lipinski definition) is 2. The van der Waals surface area contributed by atoms with Crippen LogP contribution < -0.4 is 20.0 Å². The van der Waals surface area contributed by atoms with Crippen molar-refractivity contribution in [1.82, 2.24) is 0 Å². The Morgan fingerprint density at radius 1 is 0.519 bits per heavy atom. The Kier molecular flexibility index (Phi) is 4.77. The molecule has 0 aliphatic carbocycles. The molecular formula is C24H20O2Si. The molecule has 4 aromatic rings. The van der Waals surface area contributed by atoms with Gasteiger partial charge >= 0.3 is 8.32 Å². The molecule has 0 unspecified atom stereocenters. The van der Waals surface area contributed by atoms with E-state index in [2.05, 4.69) is 72.8 Å². The number of rotatable bonds is 5. The predicted molar refractivity (Wildman–Crippen MR) is 113 cm³/mol. The van der Waals surface area contributed by atoms with E-state index in [9.17, 15) is 5.11 Å². The highest BCUT2D eigenvalue weighted by molar-refractivity contribution is 7.07. The van der Waals surface area contributed by atoms with Crippen LogP contribution in [0.25, 0.3) is 0 Å². The van der Waals surface area contributed by atoms with Crippen LogP contribution in [0.15, 0.2) is 115 Å². The first-order valence-electron chi connectivity index (χ1n) is 8.94. The molecular weight excluding hydrogens is 348 g/mol. The second kappa shape index (κ2) is 7.52. The van der Waals surface area contributed by atoms with E-state index < -0.39 is 8.32 Å².